The predicted octanol–water partition coefficient (Wildman–Crippen LogP) is 1.92. The molecule has 1 aromatic heterocycles. The number of hydrogen-bond donors (Lipinski definition) is 1. The minimum absolute atomic E-state index is 0.124. The molecule has 0 bridgehead atoms. The van der Waals surface area contributed by atoms with E-state index in [1.165, 1.54) is 25.9 Å². The van der Waals surface area contributed by atoms with Crippen LogP contribution in [0.4, 0.5) is 0 Å². The summed E-state index contributed by atoms with van der Waals surface area (Å²) in [7, 11) is 1.99. The van der Waals surface area contributed by atoms with Crippen molar-refractivity contribution in [1.82, 2.24) is 19.8 Å². The molecule has 1 aliphatic rings. The van der Waals surface area contributed by atoms with E-state index in [9.17, 15) is 4.79 Å². The zero-order valence-corrected chi connectivity index (χ0v) is 13.8. The summed E-state index contributed by atoms with van der Waals surface area (Å²) in [6.07, 6.45) is 4.13. The second-order valence-corrected chi connectivity index (χ2v) is 6.17. The Morgan fingerprint density at radius 3 is 2.57 bits per heavy atom. The number of nitrogens with one attached hydrogen (secondary N) is 1. The van der Waals surface area contributed by atoms with Crippen LogP contribution in [0.2, 0.25) is 0 Å². The predicted molar refractivity (Wildman–Crippen MR) is 84.0 cm³/mol. The molecule has 0 unspecified atom stereocenters. The maximum Gasteiger partial charge on any atom is 0.220 e. The van der Waals surface area contributed by atoms with Gasteiger partial charge in [0.25, 0.3) is 0 Å². The van der Waals surface area contributed by atoms with Crippen molar-refractivity contribution in [2.75, 3.05) is 13.1 Å². The van der Waals surface area contributed by atoms with Gasteiger partial charge in [-0.1, -0.05) is 0 Å². The summed E-state index contributed by atoms with van der Waals surface area (Å²) in [5, 5.41) is 2.99. The van der Waals surface area contributed by atoms with E-state index in [2.05, 4.69) is 22.1 Å². The van der Waals surface area contributed by atoms with Crippen molar-refractivity contribution in [2.45, 2.75) is 59.0 Å². The third-order valence-corrected chi connectivity index (χ3v) is 4.71. The lowest BCUT2D eigenvalue weighted by atomic mass is 10.1. The van der Waals surface area contributed by atoms with Gasteiger partial charge in [-0.3, -0.25) is 4.79 Å². The number of aryl methyl sites for hydroxylation is 1. The highest BCUT2D eigenvalue weighted by Crippen LogP contribution is 2.15. The van der Waals surface area contributed by atoms with Gasteiger partial charge in [0.2, 0.25) is 5.91 Å². The molecule has 2 heterocycles. The number of carbonyl (C=O) groups excluding carboxylic acids is 1. The molecular formula is C16H28N4O. The van der Waals surface area contributed by atoms with Gasteiger partial charge < -0.3 is 14.8 Å². The second-order valence-electron chi connectivity index (χ2n) is 6.17. The van der Waals surface area contributed by atoms with Crippen LogP contribution in [0.5, 0.6) is 0 Å². The molecule has 1 aromatic rings. The van der Waals surface area contributed by atoms with Crippen molar-refractivity contribution in [2.24, 2.45) is 7.05 Å². The van der Waals surface area contributed by atoms with E-state index in [1.807, 2.05) is 25.5 Å². The molecule has 1 atom stereocenters. The van der Waals surface area contributed by atoms with Crippen LogP contribution >= 0.6 is 0 Å². The van der Waals surface area contributed by atoms with Crippen LogP contribution in [0.1, 0.15) is 49.8 Å². The van der Waals surface area contributed by atoms with E-state index < -0.39 is 0 Å². The van der Waals surface area contributed by atoms with Crippen LogP contribution in [-0.2, 0) is 18.4 Å². The summed E-state index contributed by atoms with van der Waals surface area (Å²) in [4.78, 5) is 18.9. The summed E-state index contributed by atoms with van der Waals surface area (Å²) in [6.45, 7) is 9.17. The number of imidazole rings is 1. The molecule has 1 amide bonds. The molecule has 0 aromatic carbocycles. The smallest absolute Gasteiger partial charge is 0.220 e. The largest absolute Gasteiger partial charge is 0.349 e. The zero-order chi connectivity index (χ0) is 15.4. The molecule has 5 nitrogen and oxygen atoms in total. The zero-order valence-electron chi connectivity index (χ0n) is 13.8. The highest BCUT2D eigenvalue weighted by Gasteiger charge is 2.18. The van der Waals surface area contributed by atoms with Crippen LogP contribution < -0.4 is 5.32 Å². The summed E-state index contributed by atoms with van der Waals surface area (Å²) in [5.74, 6) is 1.05. The lowest BCUT2D eigenvalue weighted by Crippen LogP contribution is -2.32. The van der Waals surface area contributed by atoms with Crippen molar-refractivity contribution in [1.29, 1.82) is 0 Å². The Kier molecular flexibility index (Phi) is 5.39. The summed E-state index contributed by atoms with van der Waals surface area (Å²) < 4.78 is 2.04. The van der Waals surface area contributed by atoms with Crippen LogP contribution in [0.15, 0.2) is 0 Å². The Bertz CT molecular complexity index is 489. The molecule has 1 saturated heterocycles. The standard InChI is InChI=1S/C16H28N4O/c1-12(20-9-5-6-10-20)7-8-16(21)17-11-15-18-13(2)14(3)19(15)4/h12H,5-11H2,1-4H3,(H,17,21)/t12-/m0/s1. The first-order valence-corrected chi connectivity index (χ1v) is 7.98. The first-order valence-electron chi connectivity index (χ1n) is 7.98. The van der Waals surface area contributed by atoms with E-state index in [-0.39, 0.29) is 5.91 Å². The van der Waals surface area contributed by atoms with E-state index in [4.69, 9.17) is 0 Å². The van der Waals surface area contributed by atoms with E-state index in [1.54, 1.807) is 0 Å². The second kappa shape index (κ2) is 7.07. The molecular weight excluding hydrogens is 264 g/mol. The van der Waals surface area contributed by atoms with E-state index >= 15 is 0 Å². The lowest BCUT2D eigenvalue weighted by molar-refractivity contribution is -0.121. The Morgan fingerprint density at radius 2 is 2.00 bits per heavy atom. The molecule has 1 N–H and O–H groups in total. The molecule has 2 rings (SSSR count). The average Bonchev–Trinajstić information content (AvgIpc) is 3.08. The highest BCUT2D eigenvalue weighted by atomic mass is 16.1. The van der Waals surface area contributed by atoms with E-state index in [0.717, 1.165) is 23.6 Å². The van der Waals surface area contributed by atoms with Gasteiger partial charge in [-0.2, -0.15) is 0 Å². The van der Waals surface area contributed by atoms with Crippen LogP contribution in [0.25, 0.3) is 0 Å². The van der Waals surface area contributed by atoms with Crippen LogP contribution in [-0.4, -0.2) is 39.5 Å². The number of likely N-dealkylation sites (tertiary alicyclic amines) is 1. The Morgan fingerprint density at radius 1 is 1.33 bits per heavy atom. The quantitative estimate of drug-likeness (QED) is 0.871. The van der Waals surface area contributed by atoms with Gasteiger partial charge in [0.05, 0.1) is 12.2 Å². The first kappa shape index (κ1) is 16.0. The minimum atomic E-state index is 0.124. The number of nitrogens with zero attached hydrogens (tertiary/aromatic N) is 3. The first-order chi connectivity index (χ1) is 9.99. The van der Waals surface area contributed by atoms with Gasteiger partial charge >= 0.3 is 0 Å². The summed E-state index contributed by atoms with van der Waals surface area (Å²) in [5.41, 5.74) is 2.19. The Hall–Kier alpha value is -1.36. The Labute approximate surface area is 127 Å². The fourth-order valence-corrected chi connectivity index (χ4v) is 2.91. The third kappa shape index (κ3) is 4.06. The maximum atomic E-state index is 12.0. The van der Waals surface area contributed by atoms with Gasteiger partial charge in [0.15, 0.2) is 0 Å². The fraction of sp³-hybridized carbons (Fsp3) is 0.750. The molecule has 0 aliphatic carbocycles. The highest BCUT2D eigenvalue weighted by molar-refractivity contribution is 5.75. The molecule has 1 aliphatic heterocycles. The van der Waals surface area contributed by atoms with Crippen molar-refractivity contribution >= 4 is 5.91 Å². The Balaban J connectivity index is 1.73. The molecule has 0 radical (unpaired) electrons. The lowest BCUT2D eigenvalue weighted by Gasteiger charge is -2.23. The third-order valence-electron chi connectivity index (χ3n) is 4.71. The van der Waals surface area contributed by atoms with Crippen LogP contribution in [0.3, 0.4) is 0 Å². The fourth-order valence-electron chi connectivity index (χ4n) is 2.91. The number of amides is 1. The maximum absolute atomic E-state index is 12.0. The normalized spacial score (nSPS) is 17.1. The molecule has 21 heavy (non-hydrogen) atoms. The van der Waals surface area contributed by atoms with Gasteiger partial charge in [-0.25, -0.2) is 4.98 Å². The van der Waals surface area contributed by atoms with Gasteiger partial charge in [-0.15, -0.1) is 0 Å². The number of rotatable bonds is 6. The van der Waals surface area contributed by atoms with Gasteiger partial charge in [-0.05, 0) is 53.1 Å². The number of aromatic nitrogens is 2. The molecule has 0 spiro atoms. The van der Waals surface area contributed by atoms with Crippen molar-refractivity contribution < 1.29 is 4.79 Å². The van der Waals surface area contributed by atoms with Crippen molar-refractivity contribution in [3.8, 4) is 0 Å². The van der Waals surface area contributed by atoms with Crippen molar-refractivity contribution in [3.63, 3.8) is 0 Å². The summed E-state index contributed by atoms with van der Waals surface area (Å²) >= 11 is 0. The molecule has 0 saturated carbocycles. The number of hydrogen-bond acceptors (Lipinski definition) is 3. The average molecular weight is 292 g/mol. The SMILES string of the molecule is Cc1nc(CNC(=O)CC[C@H](C)N2CCCC2)n(C)c1C. The molecule has 118 valence electrons. The van der Waals surface area contributed by atoms with Crippen LogP contribution in [0, 0.1) is 13.8 Å². The molecule has 1 fully saturated rings. The van der Waals surface area contributed by atoms with Gasteiger partial charge in [0.1, 0.15) is 5.82 Å². The molecule has 5 heteroatoms. The minimum Gasteiger partial charge on any atom is -0.349 e. The van der Waals surface area contributed by atoms with E-state index in [0.29, 0.717) is 19.0 Å². The topological polar surface area (TPSA) is 50.2 Å². The van der Waals surface area contributed by atoms with Gasteiger partial charge in [0, 0.05) is 25.2 Å². The van der Waals surface area contributed by atoms with Crippen molar-refractivity contribution in [3.05, 3.63) is 17.2 Å². The summed E-state index contributed by atoms with van der Waals surface area (Å²) in [6, 6.07) is 0.510. The monoisotopic (exact) mass is 292 g/mol. The number of carbonyl (C=O) groups is 1.